The molecule has 194 valence electrons. The van der Waals surface area contributed by atoms with Crippen LogP contribution in [0, 0.1) is 31.1 Å². The van der Waals surface area contributed by atoms with E-state index in [4.69, 9.17) is 19.9 Å². The fourth-order valence-electron chi connectivity index (χ4n) is 6.75. The van der Waals surface area contributed by atoms with Gasteiger partial charge in [-0.15, -0.1) is 0 Å². The Morgan fingerprint density at radius 1 is 1.03 bits per heavy atom. The monoisotopic (exact) mass is 497 g/mol. The van der Waals surface area contributed by atoms with E-state index in [0.29, 0.717) is 56.4 Å². The molecule has 4 aliphatic carbocycles. The van der Waals surface area contributed by atoms with E-state index in [1.165, 1.54) is 0 Å². The Bertz CT molecular complexity index is 939. The van der Waals surface area contributed by atoms with Gasteiger partial charge in [0.25, 0.3) is 0 Å². The zero-order valence-corrected chi connectivity index (χ0v) is 20.3. The molecule has 4 aliphatic rings. The van der Waals surface area contributed by atoms with Gasteiger partial charge < -0.3 is 19.9 Å². The lowest BCUT2D eigenvalue weighted by Crippen LogP contribution is -2.60. The molecule has 0 aliphatic heterocycles. The van der Waals surface area contributed by atoms with Crippen LogP contribution in [0.5, 0.6) is 5.75 Å². The highest BCUT2D eigenvalue weighted by Crippen LogP contribution is 2.63. The number of rotatable bonds is 8. The number of nitrogen functional groups attached to an aromatic ring is 1. The SMILES string of the molecule is Cc1cc(OC(=O)OC23CC4CC(C2)CC(C(=O)OCCCCCC(F)(F)F)(C4)C3)cc(C)c1N. The van der Waals surface area contributed by atoms with Crippen molar-refractivity contribution in [2.75, 3.05) is 12.3 Å². The quantitative estimate of drug-likeness (QED) is 0.193. The molecule has 35 heavy (non-hydrogen) atoms. The first-order chi connectivity index (χ1) is 16.4. The van der Waals surface area contributed by atoms with Crippen molar-refractivity contribution in [2.45, 2.75) is 89.8 Å². The van der Waals surface area contributed by atoms with Gasteiger partial charge in [-0.05, 0) is 100 Å². The number of nitrogens with two attached hydrogens (primary N) is 1. The van der Waals surface area contributed by atoms with Crippen LogP contribution >= 0.6 is 0 Å². The highest BCUT2D eigenvalue weighted by molar-refractivity contribution is 5.78. The molecule has 2 atom stereocenters. The van der Waals surface area contributed by atoms with Crippen molar-refractivity contribution in [1.29, 1.82) is 0 Å². The molecule has 5 rings (SSSR count). The molecule has 0 heterocycles. The Kier molecular flexibility index (Phi) is 6.99. The molecule has 1 aromatic carbocycles. The number of unbranched alkanes of at least 4 members (excludes halogenated alkanes) is 2. The summed E-state index contributed by atoms with van der Waals surface area (Å²) in [5.41, 5.74) is 6.77. The van der Waals surface area contributed by atoms with E-state index < -0.39 is 29.8 Å². The number of benzene rings is 1. The highest BCUT2D eigenvalue weighted by atomic mass is 19.4. The summed E-state index contributed by atoms with van der Waals surface area (Å²) >= 11 is 0. The van der Waals surface area contributed by atoms with E-state index >= 15 is 0 Å². The fraction of sp³-hybridized carbons (Fsp3) is 0.692. The summed E-state index contributed by atoms with van der Waals surface area (Å²) in [4.78, 5) is 25.9. The number of esters is 1. The predicted molar refractivity (Wildman–Crippen MR) is 123 cm³/mol. The van der Waals surface area contributed by atoms with E-state index in [9.17, 15) is 22.8 Å². The summed E-state index contributed by atoms with van der Waals surface area (Å²) in [5.74, 6) is 0.589. The van der Waals surface area contributed by atoms with Gasteiger partial charge in [-0.1, -0.05) is 0 Å². The minimum absolute atomic E-state index is 0.0302. The fourth-order valence-corrected chi connectivity index (χ4v) is 6.75. The van der Waals surface area contributed by atoms with Gasteiger partial charge in [-0.25, -0.2) is 4.79 Å². The molecule has 2 N–H and O–H groups in total. The van der Waals surface area contributed by atoms with Crippen LogP contribution in [0.1, 0.15) is 75.3 Å². The number of carbonyl (C=O) groups is 2. The first-order valence-corrected chi connectivity index (χ1v) is 12.4. The molecule has 0 spiro atoms. The summed E-state index contributed by atoms with van der Waals surface area (Å²) in [6, 6.07) is 3.38. The molecule has 6 nitrogen and oxygen atoms in total. The summed E-state index contributed by atoms with van der Waals surface area (Å²) in [6.45, 7) is 3.79. The molecule has 0 saturated heterocycles. The second kappa shape index (κ2) is 9.54. The van der Waals surface area contributed by atoms with E-state index in [-0.39, 0.29) is 30.8 Å². The molecule has 2 unspecified atom stereocenters. The zero-order valence-electron chi connectivity index (χ0n) is 20.3. The van der Waals surface area contributed by atoms with Crippen LogP contribution in [-0.2, 0) is 14.3 Å². The molecule has 4 saturated carbocycles. The zero-order chi connectivity index (χ0) is 25.4. The number of anilines is 1. The number of ether oxygens (including phenoxy) is 3. The Morgan fingerprint density at radius 3 is 2.26 bits per heavy atom. The number of alkyl halides is 3. The number of halogens is 3. The number of hydrogen-bond acceptors (Lipinski definition) is 6. The van der Waals surface area contributed by atoms with Crippen molar-refractivity contribution in [1.82, 2.24) is 0 Å². The van der Waals surface area contributed by atoms with Crippen LogP contribution in [0.3, 0.4) is 0 Å². The number of carbonyl (C=O) groups excluding carboxylic acids is 2. The summed E-state index contributed by atoms with van der Waals surface area (Å²) in [5, 5.41) is 0. The minimum Gasteiger partial charge on any atom is -0.465 e. The van der Waals surface area contributed by atoms with Gasteiger partial charge in [-0.2, -0.15) is 13.2 Å². The summed E-state index contributed by atoms with van der Waals surface area (Å²) in [6.07, 6.45) is -0.775. The third-order valence-corrected chi connectivity index (χ3v) is 7.85. The van der Waals surface area contributed by atoms with Crippen molar-refractivity contribution in [3.8, 4) is 5.75 Å². The lowest BCUT2D eigenvalue weighted by Gasteiger charge is -2.59. The van der Waals surface area contributed by atoms with Crippen molar-refractivity contribution in [3.05, 3.63) is 23.3 Å². The van der Waals surface area contributed by atoms with Crippen LogP contribution in [0.4, 0.5) is 23.7 Å². The van der Waals surface area contributed by atoms with Gasteiger partial charge >= 0.3 is 18.3 Å². The Hall–Kier alpha value is -2.45. The maximum Gasteiger partial charge on any atom is 0.514 e. The normalized spacial score (nSPS) is 29.2. The molecule has 0 radical (unpaired) electrons. The van der Waals surface area contributed by atoms with Crippen LogP contribution < -0.4 is 10.5 Å². The van der Waals surface area contributed by atoms with Gasteiger partial charge in [0.15, 0.2) is 0 Å². The van der Waals surface area contributed by atoms with E-state index in [0.717, 1.165) is 17.5 Å². The predicted octanol–water partition coefficient (Wildman–Crippen LogP) is 6.41. The Morgan fingerprint density at radius 2 is 1.66 bits per heavy atom. The van der Waals surface area contributed by atoms with Crippen LogP contribution in [-0.4, -0.2) is 30.5 Å². The minimum atomic E-state index is -4.16. The van der Waals surface area contributed by atoms with Gasteiger partial charge in [0.1, 0.15) is 11.4 Å². The molecule has 9 heteroatoms. The molecule has 4 bridgehead atoms. The molecule has 0 aromatic heterocycles. The molecular weight excluding hydrogens is 463 g/mol. The first-order valence-electron chi connectivity index (χ1n) is 12.4. The third-order valence-electron chi connectivity index (χ3n) is 7.85. The average molecular weight is 498 g/mol. The van der Waals surface area contributed by atoms with Crippen LogP contribution in [0.15, 0.2) is 12.1 Å². The molecule has 4 fully saturated rings. The average Bonchev–Trinajstić information content (AvgIpc) is 2.72. The largest absolute Gasteiger partial charge is 0.514 e. The highest BCUT2D eigenvalue weighted by Gasteiger charge is 2.63. The maximum absolute atomic E-state index is 13.1. The van der Waals surface area contributed by atoms with Crippen molar-refractivity contribution >= 4 is 17.8 Å². The standard InChI is InChI=1S/C26H34F3NO5/c1-16-8-20(9-17(2)21(16)30)34-23(32)35-25-13-18-10-19(14-25)12-24(11-18,15-25)22(31)33-7-5-3-4-6-26(27,28)29/h8-9,18-19H,3-7,10-15,30H2,1-2H3. The van der Waals surface area contributed by atoms with Gasteiger partial charge in [0, 0.05) is 18.5 Å². The van der Waals surface area contributed by atoms with Crippen LogP contribution in [0.25, 0.3) is 0 Å². The summed E-state index contributed by atoms with van der Waals surface area (Å²) in [7, 11) is 0. The second-order valence-corrected chi connectivity index (χ2v) is 10.9. The van der Waals surface area contributed by atoms with Gasteiger partial charge in [0.05, 0.1) is 12.0 Å². The maximum atomic E-state index is 13.1. The molecule has 0 amide bonds. The smallest absolute Gasteiger partial charge is 0.465 e. The van der Waals surface area contributed by atoms with E-state index in [1.54, 1.807) is 12.1 Å². The topological polar surface area (TPSA) is 87.8 Å². The van der Waals surface area contributed by atoms with E-state index in [2.05, 4.69) is 0 Å². The lowest BCUT2D eigenvalue weighted by molar-refractivity contribution is -0.198. The summed E-state index contributed by atoms with van der Waals surface area (Å²) < 4.78 is 53.8. The molecule has 1 aromatic rings. The molecular formula is C26H34F3NO5. The van der Waals surface area contributed by atoms with Crippen molar-refractivity contribution < 1.29 is 37.0 Å². The Labute approximate surface area is 203 Å². The third kappa shape index (κ3) is 5.86. The lowest BCUT2D eigenvalue weighted by atomic mass is 9.48. The van der Waals surface area contributed by atoms with Crippen molar-refractivity contribution in [3.63, 3.8) is 0 Å². The number of hydrogen-bond donors (Lipinski definition) is 1. The first kappa shape index (κ1) is 25.6. The number of aryl methyl sites for hydroxylation is 2. The van der Waals surface area contributed by atoms with Gasteiger partial charge in [-0.3, -0.25) is 4.79 Å². The van der Waals surface area contributed by atoms with E-state index in [1.807, 2.05) is 13.8 Å². The van der Waals surface area contributed by atoms with Gasteiger partial charge in [0.2, 0.25) is 0 Å². The second-order valence-electron chi connectivity index (χ2n) is 10.9. The van der Waals surface area contributed by atoms with Crippen LogP contribution in [0.2, 0.25) is 0 Å². The Balaban J connectivity index is 1.35. The van der Waals surface area contributed by atoms with Crippen molar-refractivity contribution in [2.24, 2.45) is 17.3 Å².